The molecule has 1 amide bonds. The number of hydrogen-bond acceptors (Lipinski definition) is 6. The zero-order chi connectivity index (χ0) is 18.6. The monoisotopic (exact) mass is 446 g/mol. The summed E-state index contributed by atoms with van der Waals surface area (Å²) < 4.78 is 6.33. The number of anilines is 1. The summed E-state index contributed by atoms with van der Waals surface area (Å²) in [5, 5.41) is 11.7. The predicted octanol–water partition coefficient (Wildman–Crippen LogP) is 4.09. The Morgan fingerprint density at radius 3 is 2.70 bits per heavy atom. The van der Waals surface area contributed by atoms with Crippen LogP contribution in [0.2, 0.25) is 0 Å². The average molecular weight is 447 g/mol. The highest BCUT2D eigenvalue weighted by molar-refractivity contribution is 9.11. The van der Waals surface area contributed by atoms with Gasteiger partial charge in [-0.15, -0.1) is 21.5 Å². The van der Waals surface area contributed by atoms with Crippen molar-refractivity contribution in [3.8, 4) is 10.6 Å². The van der Waals surface area contributed by atoms with E-state index in [-0.39, 0.29) is 11.8 Å². The number of halogens is 1. The number of carbonyl (C=O) groups is 1. The molecule has 8 heteroatoms. The summed E-state index contributed by atoms with van der Waals surface area (Å²) >= 11 is 5.11. The van der Waals surface area contributed by atoms with Gasteiger partial charge < -0.3 is 14.6 Å². The minimum atomic E-state index is 0.0342. The molecular weight excluding hydrogens is 428 g/mol. The van der Waals surface area contributed by atoms with Gasteiger partial charge in [0.2, 0.25) is 5.91 Å². The number of amides is 1. The smallest absolute Gasteiger partial charge is 0.223 e. The molecule has 140 valence electrons. The number of rotatable bonds is 5. The molecule has 27 heavy (non-hydrogen) atoms. The third kappa shape index (κ3) is 4.39. The van der Waals surface area contributed by atoms with Gasteiger partial charge in [-0.25, -0.2) is 0 Å². The van der Waals surface area contributed by atoms with Gasteiger partial charge in [-0.3, -0.25) is 4.79 Å². The van der Waals surface area contributed by atoms with E-state index in [0.717, 1.165) is 51.9 Å². The first-order chi connectivity index (χ1) is 13.2. The van der Waals surface area contributed by atoms with E-state index in [0.29, 0.717) is 6.54 Å². The number of piperidine rings is 1. The molecule has 1 saturated heterocycles. The summed E-state index contributed by atoms with van der Waals surface area (Å²) in [6.45, 7) is 2.05. The maximum Gasteiger partial charge on any atom is 0.223 e. The number of hydrogen-bond donors (Lipinski definition) is 1. The van der Waals surface area contributed by atoms with E-state index in [9.17, 15) is 4.79 Å². The maximum absolute atomic E-state index is 12.3. The lowest BCUT2D eigenvalue weighted by molar-refractivity contribution is -0.125. The third-order valence-electron chi connectivity index (χ3n) is 4.68. The van der Waals surface area contributed by atoms with E-state index in [1.54, 1.807) is 17.6 Å². The van der Waals surface area contributed by atoms with Crippen molar-refractivity contribution in [2.24, 2.45) is 5.92 Å². The van der Waals surface area contributed by atoms with E-state index in [1.165, 1.54) is 0 Å². The second-order valence-corrected chi connectivity index (χ2v) is 8.90. The predicted molar refractivity (Wildman–Crippen MR) is 109 cm³/mol. The Bertz CT molecular complexity index is 887. The van der Waals surface area contributed by atoms with Gasteiger partial charge in [0.25, 0.3) is 0 Å². The van der Waals surface area contributed by atoms with Crippen LogP contribution in [-0.2, 0) is 11.3 Å². The van der Waals surface area contributed by atoms with Crippen LogP contribution in [0, 0.1) is 5.92 Å². The quantitative estimate of drug-likeness (QED) is 0.638. The van der Waals surface area contributed by atoms with E-state index in [1.807, 2.05) is 36.4 Å². The fourth-order valence-corrected chi connectivity index (χ4v) is 4.53. The Balaban J connectivity index is 1.30. The Kier molecular flexibility index (Phi) is 5.54. The van der Waals surface area contributed by atoms with Crippen LogP contribution in [0.3, 0.4) is 0 Å². The molecule has 1 N–H and O–H groups in total. The fraction of sp³-hybridized carbons (Fsp3) is 0.316. The largest absolute Gasteiger partial charge is 0.467 e. The summed E-state index contributed by atoms with van der Waals surface area (Å²) in [4.78, 5) is 15.6. The van der Waals surface area contributed by atoms with Crippen molar-refractivity contribution in [3.63, 3.8) is 0 Å². The molecule has 1 fully saturated rings. The molecule has 0 spiro atoms. The van der Waals surface area contributed by atoms with Crippen LogP contribution in [0.4, 0.5) is 5.82 Å². The van der Waals surface area contributed by atoms with Gasteiger partial charge in [-0.1, -0.05) is 0 Å². The lowest BCUT2D eigenvalue weighted by atomic mass is 9.96. The van der Waals surface area contributed by atoms with Crippen molar-refractivity contribution >= 4 is 39.0 Å². The molecule has 1 aliphatic rings. The number of nitrogens with one attached hydrogen (secondary N) is 1. The van der Waals surface area contributed by atoms with Gasteiger partial charge in [0.15, 0.2) is 5.82 Å². The topological polar surface area (TPSA) is 71.3 Å². The molecule has 4 heterocycles. The molecule has 0 radical (unpaired) electrons. The first kappa shape index (κ1) is 18.2. The molecule has 0 unspecified atom stereocenters. The van der Waals surface area contributed by atoms with E-state index in [4.69, 9.17) is 4.42 Å². The zero-order valence-electron chi connectivity index (χ0n) is 14.6. The SMILES string of the molecule is O=C(NCc1ccco1)C1CCN(c2ccc(-c3ccc(Br)s3)nn2)CC1. The number of carbonyl (C=O) groups excluding carboxylic acids is 1. The fourth-order valence-electron chi connectivity index (χ4n) is 3.18. The van der Waals surface area contributed by atoms with Crippen LogP contribution in [0.5, 0.6) is 0 Å². The molecule has 0 atom stereocenters. The molecule has 1 aliphatic heterocycles. The van der Waals surface area contributed by atoms with Gasteiger partial charge in [0, 0.05) is 19.0 Å². The van der Waals surface area contributed by atoms with E-state index in [2.05, 4.69) is 36.3 Å². The van der Waals surface area contributed by atoms with Gasteiger partial charge >= 0.3 is 0 Å². The van der Waals surface area contributed by atoms with Crippen LogP contribution in [0.15, 0.2) is 50.9 Å². The number of aromatic nitrogens is 2. The Hall–Kier alpha value is -2.19. The highest BCUT2D eigenvalue weighted by atomic mass is 79.9. The lowest BCUT2D eigenvalue weighted by Gasteiger charge is -2.31. The normalized spacial score (nSPS) is 15.1. The summed E-state index contributed by atoms with van der Waals surface area (Å²) in [6.07, 6.45) is 3.24. The molecular formula is C19H19BrN4O2S. The molecule has 6 nitrogen and oxygen atoms in total. The molecule has 0 aromatic carbocycles. The molecule has 4 rings (SSSR count). The molecule has 0 aliphatic carbocycles. The zero-order valence-corrected chi connectivity index (χ0v) is 17.0. The number of thiophene rings is 1. The standard InChI is InChI=1S/C19H19BrN4O2S/c20-17-5-4-16(27-17)15-3-6-18(23-22-15)24-9-7-13(8-10-24)19(25)21-12-14-2-1-11-26-14/h1-6,11,13H,7-10,12H2,(H,21,25). The van der Waals surface area contributed by atoms with Crippen molar-refractivity contribution in [1.82, 2.24) is 15.5 Å². The van der Waals surface area contributed by atoms with Crippen LogP contribution in [0.1, 0.15) is 18.6 Å². The summed E-state index contributed by atoms with van der Waals surface area (Å²) in [7, 11) is 0. The van der Waals surface area contributed by atoms with Gasteiger partial charge in [-0.2, -0.15) is 0 Å². The summed E-state index contributed by atoms with van der Waals surface area (Å²) in [6, 6.07) is 11.7. The average Bonchev–Trinajstić information content (AvgIpc) is 3.38. The highest BCUT2D eigenvalue weighted by Crippen LogP contribution is 2.30. The van der Waals surface area contributed by atoms with Crippen molar-refractivity contribution in [3.05, 3.63) is 52.2 Å². The van der Waals surface area contributed by atoms with Crippen molar-refractivity contribution in [2.75, 3.05) is 18.0 Å². The van der Waals surface area contributed by atoms with Crippen molar-refractivity contribution in [1.29, 1.82) is 0 Å². The second kappa shape index (κ2) is 8.22. The molecule has 0 saturated carbocycles. The van der Waals surface area contributed by atoms with Gasteiger partial charge in [0.05, 0.1) is 21.5 Å². The third-order valence-corrected chi connectivity index (χ3v) is 6.33. The van der Waals surface area contributed by atoms with Gasteiger partial charge in [-0.05, 0) is 65.2 Å². The minimum Gasteiger partial charge on any atom is -0.467 e. The summed E-state index contributed by atoms with van der Waals surface area (Å²) in [5.41, 5.74) is 0.877. The van der Waals surface area contributed by atoms with E-state index >= 15 is 0 Å². The first-order valence-electron chi connectivity index (χ1n) is 8.83. The van der Waals surface area contributed by atoms with Crippen molar-refractivity contribution in [2.45, 2.75) is 19.4 Å². The van der Waals surface area contributed by atoms with Crippen LogP contribution < -0.4 is 10.2 Å². The minimum absolute atomic E-state index is 0.0342. The Morgan fingerprint density at radius 2 is 2.07 bits per heavy atom. The Morgan fingerprint density at radius 1 is 1.22 bits per heavy atom. The first-order valence-corrected chi connectivity index (χ1v) is 10.4. The second-order valence-electron chi connectivity index (χ2n) is 6.44. The van der Waals surface area contributed by atoms with Crippen LogP contribution >= 0.6 is 27.3 Å². The molecule has 0 bridgehead atoms. The maximum atomic E-state index is 12.3. The lowest BCUT2D eigenvalue weighted by Crippen LogP contribution is -2.40. The Labute approximate surface area is 169 Å². The number of nitrogens with zero attached hydrogens (tertiary/aromatic N) is 3. The van der Waals surface area contributed by atoms with Crippen LogP contribution in [-0.4, -0.2) is 29.2 Å². The van der Waals surface area contributed by atoms with E-state index < -0.39 is 0 Å². The van der Waals surface area contributed by atoms with Crippen LogP contribution in [0.25, 0.3) is 10.6 Å². The molecule has 3 aromatic heterocycles. The summed E-state index contributed by atoms with van der Waals surface area (Å²) in [5.74, 6) is 1.76. The van der Waals surface area contributed by atoms with Crippen molar-refractivity contribution < 1.29 is 9.21 Å². The highest BCUT2D eigenvalue weighted by Gasteiger charge is 2.25. The number of furan rings is 1. The molecule has 3 aromatic rings. The van der Waals surface area contributed by atoms with Gasteiger partial charge in [0.1, 0.15) is 11.5 Å².